The molecule has 0 spiro atoms. The van der Waals surface area contributed by atoms with Gasteiger partial charge in [0, 0.05) is 13.0 Å². The molecule has 0 aromatic carbocycles. The molecule has 0 fully saturated rings. The fraction of sp³-hybridized carbons (Fsp3) is 0.792. The zero-order chi connectivity index (χ0) is 63.5. The van der Waals surface area contributed by atoms with Crippen LogP contribution in [0.25, 0.3) is 0 Å². The van der Waals surface area contributed by atoms with E-state index in [0.29, 0.717) is 12.3 Å². The minimum atomic E-state index is -1.71. The average Bonchev–Trinajstić information content (AvgIpc) is 3.52. The quantitative estimate of drug-likeness (QED) is 0.0253. The van der Waals surface area contributed by atoms with Crippen LogP contribution < -0.4 is 87.6 Å². The van der Waals surface area contributed by atoms with E-state index < -0.39 is 151 Å². The second-order valence-electron chi connectivity index (χ2n) is 21.9. The average molecular weight is 1190 g/mol. The summed E-state index contributed by atoms with van der Waals surface area (Å²) in [6.07, 6.45) is -0.613. The molecule has 0 aromatic rings. The zero-order valence-corrected chi connectivity index (χ0v) is 49.9. The lowest BCUT2D eigenvalue weighted by molar-refractivity contribution is -0.143. The van der Waals surface area contributed by atoms with Crippen LogP contribution in [0.15, 0.2) is 0 Å². The van der Waals surface area contributed by atoms with Crippen molar-refractivity contribution in [3.05, 3.63) is 0 Å². The van der Waals surface area contributed by atoms with Gasteiger partial charge >= 0.3 is 5.97 Å². The van der Waals surface area contributed by atoms with Gasteiger partial charge in [0.05, 0.1) is 18.2 Å². The highest BCUT2D eigenvalue weighted by Crippen LogP contribution is 2.13. The molecule has 30 nitrogen and oxygen atoms in total. The van der Waals surface area contributed by atoms with Gasteiger partial charge in [-0.1, -0.05) is 60.8 Å². The highest BCUT2D eigenvalue weighted by atomic mass is 16.4. The van der Waals surface area contributed by atoms with Gasteiger partial charge in [0.15, 0.2) is 0 Å². The van der Waals surface area contributed by atoms with Crippen LogP contribution in [0.5, 0.6) is 0 Å². The predicted octanol–water partition coefficient (Wildman–Crippen LogP) is -5.53. The van der Waals surface area contributed by atoms with Crippen molar-refractivity contribution >= 4 is 65.0 Å². The number of carbonyl (C=O) groups excluding carboxylic acids is 10. The van der Waals surface area contributed by atoms with Gasteiger partial charge in [-0.15, -0.1) is 0 Å². The minimum absolute atomic E-state index is 0.0250. The molecule has 0 aromatic heterocycles. The van der Waals surface area contributed by atoms with Gasteiger partial charge < -0.3 is 103 Å². The number of nitrogens with two attached hydrogens (primary N) is 6. The number of carboxylic acid groups (broad SMARTS) is 1. The molecule has 0 radical (unpaired) electrons. The number of nitrogens with one attached hydrogen (secondary N) is 10. The van der Waals surface area contributed by atoms with Crippen LogP contribution >= 0.6 is 0 Å². The Morgan fingerprint density at radius 2 is 0.747 bits per heavy atom. The standard InChI is InChI=1S/C53H102N16O14/c1-9-30(6)12-10-11-13-41(72)61-34(15-21-55)48(77)69-43(32(8)71)52(81)65-36(17-23-57)45(74)64-38(19-25-60-51(80)42(31(7)70)68-49(78)37(18-24-58)62-44(73)33(59)14-20-54)47(76)63-35(16-22-56)46(75)66-39(26-28(2)3)50(79)67-40(53(82)83)27-29(4)5/h28-40,42-43,70-71H,9-27,54-59H2,1-8H3,(H,60,80)(H,61,72)(H,62,73)(H,63,76)(H,64,74)(H,65,81)(H,66,75)(H,67,79)(H,68,78)(H,69,77)(H,82,83)/t30-,31-,32-,33-,34-,35-,36-,37-,38-,39+,40-,42-,43-/m0/s1. The molecule has 0 bridgehead atoms. The fourth-order valence-electron chi connectivity index (χ4n) is 8.36. The number of hydrogen-bond donors (Lipinski definition) is 19. The van der Waals surface area contributed by atoms with Gasteiger partial charge in [-0.3, -0.25) is 47.9 Å². The lowest BCUT2D eigenvalue weighted by atomic mass is 10.00. The molecule has 0 aliphatic heterocycles. The first-order valence-electron chi connectivity index (χ1n) is 28.9. The van der Waals surface area contributed by atoms with Crippen LogP contribution in [0, 0.1) is 17.8 Å². The van der Waals surface area contributed by atoms with Crippen molar-refractivity contribution in [3.63, 3.8) is 0 Å². The zero-order valence-electron chi connectivity index (χ0n) is 49.9. The molecule has 0 rings (SSSR count). The Morgan fingerprint density at radius 3 is 1.16 bits per heavy atom. The van der Waals surface area contributed by atoms with Crippen molar-refractivity contribution in [1.82, 2.24) is 53.2 Å². The van der Waals surface area contributed by atoms with E-state index in [1.165, 1.54) is 13.8 Å². The monoisotopic (exact) mass is 1190 g/mol. The smallest absolute Gasteiger partial charge is 0.326 e. The SMILES string of the molecule is CC[C@H](C)CCCCC(=O)N[C@@H](CCN)C(=O)N[C@H](C(=O)N[C@@H](CCN)C(=O)N[C@@H](CCNC(=O)[C@@H](NC(=O)[C@H](CCN)NC(=O)[C@@H](N)CCN)[C@H](C)O)C(=O)N[C@@H](CCN)C(=O)N[C@H](CC(C)C)C(=O)N[C@@H](CC(C)C)C(=O)O)[C@H](C)O. The summed E-state index contributed by atoms with van der Waals surface area (Å²) in [6.45, 7) is 12.7. The lowest BCUT2D eigenvalue weighted by Crippen LogP contribution is -2.62. The Hall–Kier alpha value is -6.15. The number of hydrogen-bond acceptors (Lipinski definition) is 19. The van der Waals surface area contributed by atoms with Gasteiger partial charge in [-0.2, -0.15) is 0 Å². The van der Waals surface area contributed by atoms with Crippen molar-refractivity contribution in [3.8, 4) is 0 Å². The van der Waals surface area contributed by atoms with Gasteiger partial charge in [0.1, 0.15) is 54.4 Å². The van der Waals surface area contributed by atoms with Crippen molar-refractivity contribution in [1.29, 1.82) is 0 Å². The Balaban J connectivity index is 7.01. The number of amides is 10. The first kappa shape index (κ1) is 76.9. The lowest BCUT2D eigenvalue weighted by Gasteiger charge is -2.29. The molecule has 0 saturated heterocycles. The number of aliphatic carboxylic acids is 1. The molecule has 0 saturated carbocycles. The van der Waals surface area contributed by atoms with Gasteiger partial charge in [-0.05, 0) is 122 Å². The third-order valence-electron chi connectivity index (χ3n) is 13.4. The van der Waals surface area contributed by atoms with E-state index in [2.05, 4.69) is 67.0 Å². The summed E-state index contributed by atoms with van der Waals surface area (Å²) in [4.78, 5) is 148. The number of aliphatic hydroxyl groups is 2. The van der Waals surface area contributed by atoms with Crippen molar-refractivity contribution in [2.24, 2.45) is 52.2 Å². The van der Waals surface area contributed by atoms with Crippen LogP contribution in [0.1, 0.15) is 139 Å². The Morgan fingerprint density at radius 1 is 0.398 bits per heavy atom. The molecule has 83 heavy (non-hydrogen) atoms. The molecule has 0 unspecified atom stereocenters. The van der Waals surface area contributed by atoms with Crippen LogP contribution in [0.2, 0.25) is 0 Å². The van der Waals surface area contributed by atoms with Crippen molar-refractivity contribution in [2.45, 2.75) is 211 Å². The van der Waals surface area contributed by atoms with Crippen LogP contribution in [-0.4, -0.2) is 192 Å². The van der Waals surface area contributed by atoms with Crippen molar-refractivity contribution < 1.29 is 68.1 Å². The van der Waals surface area contributed by atoms with E-state index in [1.54, 1.807) is 27.7 Å². The summed E-state index contributed by atoms with van der Waals surface area (Å²) in [5.41, 5.74) is 34.6. The third kappa shape index (κ3) is 30.8. The summed E-state index contributed by atoms with van der Waals surface area (Å²) in [5, 5.41) is 56.1. The molecule has 13 atom stereocenters. The summed E-state index contributed by atoms with van der Waals surface area (Å²) >= 11 is 0. The second kappa shape index (κ2) is 41.8. The van der Waals surface area contributed by atoms with Crippen LogP contribution in [0.3, 0.4) is 0 Å². The molecule has 25 N–H and O–H groups in total. The minimum Gasteiger partial charge on any atom is -0.480 e. The van der Waals surface area contributed by atoms with E-state index in [4.69, 9.17) is 34.4 Å². The van der Waals surface area contributed by atoms with E-state index in [0.717, 1.165) is 19.3 Å². The molecular weight excluding hydrogens is 1080 g/mol. The number of carboxylic acids is 1. The van der Waals surface area contributed by atoms with Crippen LogP contribution in [0.4, 0.5) is 0 Å². The molecule has 478 valence electrons. The summed E-state index contributed by atoms with van der Waals surface area (Å²) in [6, 6.07) is -14.2. The number of unbranched alkanes of at least 4 members (excludes halogenated alkanes) is 1. The maximum absolute atomic E-state index is 14.4. The van der Waals surface area contributed by atoms with E-state index >= 15 is 0 Å². The molecule has 0 aliphatic carbocycles. The summed E-state index contributed by atoms with van der Waals surface area (Å²) in [7, 11) is 0. The topological polar surface area (TPSA) is 525 Å². The number of carbonyl (C=O) groups is 11. The van der Waals surface area contributed by atoms with Gasteiger partial charge in [-0.25, -0.2) is 4.79 Å². The fourth-order valence-corrected chi connectivity index (χ4v) is 8.36. The maximum atomic E-state index is 14.4. The van der Waals surface area contributed by atoms with Gasteiger partial charge in [0.2, 0.25) is 59.1 Å². The van der Waals surface area contributed by atoms with Gasteiger partial charge in [0.25, 0.3) is 0 Å². The second-order valence-corrected chi connectivity index (χ2v) is 21.9. The first-order chi connectivity index (χ1) is 39.0. The Kier molecular flexibility index (Phi) is 38.7. The third-order valence-corrected chi connectivity index (χ3v) is 13.4. The van der Waals surface area contributed by atoms with E-state index in [-0.39, 0.29) is 95.9 Å². The summed E-state index contributed by atoms with van der Waals surface area (Å²) < 4.78 is 0. The van der Waals surface area contributed by atoms with E-state index in [1.807, 2.05) is 0 Å². The molecule has 30 heteroatoms. The summed E-state index contributed by atoms with van der Waals surface area (Å²) in [5.74, 6) is -9.92. The molecule has 0 aliphatic rings. The normalized spacial score (nSPS) is 16.1. The molecule has 0 heterocycles. The van der Waals surface area contributed by atoms with Crippen LogP contribution in [-0.2, 0) is 52.7 Å². The first-order valence-corrected chi connectivity index (χ1v) is 28.9. The Labute approximate surface area is 487 Å². The highest BCUT2D eigenvalue weighted by molar-refractivity contribution is 5.98. The molecular formula is C53H102N16O14. The highest BCUT2D eigenvalue weighted by Gasteiger charge is 2.36. The number of aliphatic hydroxyl groups excluding tert-OH is 2. The van der Waals surface area contributed by atoms with Crippen molar-refractivity contribution in [2.75, 3.05) is 39.3 Å². The number of rotatable bonds is 44. The predicted molar refractivity (Wildman–Crippen MR) is 309 cm³/mol. The molecule has 10 amide bonds. The largest absolute Gasteiger partial charge is 0.480 e. The van der Waals surface area contributed by atoms with E-state index in [9.17, 15) is 68.1 Å². The Bertz CT molecular complexity index is 2050. The maximum Gasteiger partial charge on any atom is 0.326 e.